The Hall–Kier alpha value is -3.97. The number of carbonyl (C=O) groups excluding carboxylic acids is 1. The molecule has 0 spiro atoms. The first-order valence-electron chi connectivity index (χ1n) is 9.90. The number of esters is 1. The Morgan fingerprint density at radius 3 is 2.72 bits per heavy atom. The topological polar surface area (TPSA) is 82.5 Å². The van der Waals surface area contributed by atoms with Crippen LogP contribution in [0.3, 0.4) is 0 Å². The molecule has 5 rings (SSSR count). The number of fused-ring (bicyclic) bond motifs is 1. The third kappa shape index (κ3) is 3.86. The summed E-state index contributed by atoms with van der Waals surface area (Å²) in [6.45, 7) is 1.75. The minimum atomic E-state index is -0.458. The molecule has 6 nitrogen and oxygen atoms in total. The van der Waals surface area contributed by atoms with Gasteiger partial charge in [0.15, 0.2) is 10.8 Å². The van der Waals surface area contributed by atoms with E-state index in [1.54, 1.807) is 42.8 Å². The predicted molar refractivity (Wildman–Crippen MR) is 122 cm³/mol. The lowest BCUT2D eigenvalue weighted by Crippen LogP contribution is -2.12. The van der Waals surface area contributed by atoms with E-state index in [4.69, 9.17) is 13.6 Å². The van der Waals surface area contributed by atoms with Crippen molar-refractivity contribution in [2.24, 2.45) is 0 Å². The molecule has 158 valence electrons. The summed E-state index contributed by atoms with van der Waals surface area (Å²) in [6.07, 6.45) is 1.60. The number of hydrogen-bond acceptors (Lipinski definition) is 7. The molecule has 0 aliphatic rings. The van der Waals surface area contributed by atoms with Crippen LogP contribution in [0.15, 0.2) is 85.9 Å². The van der Waals surface area contributed by atoms with E-state index in [2.05, 4.69) is 4.98 Å². The molecule has 0 radical (unpaired) electrons. The number of nitrogens with zero attached hydrogens (tertiary/aromatic N) is 1. The number of furan rings is 1. The van der Waals surface area contributed by atoms with Gasteiger partial charge in [-0.05, 0) is 36.8 Å². The lowest BCUT2D eigenvalue weighted by atomic mass is 10.0. The Morgan fingerprint density at radius 2 is 1.94 bits per heavy atom. The maximum atomic E-state index is 13.0. The summed E-state index contributed by atoms with van der Waals surface area (Å²) in [6, 6.07) is 17.8. The van der Waals surface area contributed by atoms with Gasteiger partial charge in [0, 0.05) is 11.4 Å². The molecule has 0 saturated carbocycles. The van der Waals surface area contributed by atoms with E-state index in [1.807, 2.05) is 36.4 Å². The number of aromatic nitrogens is 1. The third-order valence-corrected chi connectivity index (χ3v) is 5.85. The maximum absolute atomic E-state index is 13.0. The number of rotatable bonds is 5. The van der Waals surface area contributed by atoms with Crippen LogP contribution in [0, 0.1) is 6.92 Å². The van der Waals surface area contributed by atoms with E-state index in [0.29, 0.717) is 44.5 Å². The second kappa shape index (κ2) is 8.28. The summed E-state index contributed by atoms with van der Waals surface area (Å²) in [5, 5.41) is 2.93. The zero-order valence-electron chi connectivity index (χ0n) is 17.0. The molecule has 0 N–H and O–H groups in total. The van der Waals surface area contributed by atoms with Gasteiger partial charge in [0.25, 0.3) is 0 Å². The van der Waals surface area contributed by atoms with Crippen LogP contribution < -0.4 is 10.2 Å². The van der Waals surface area contributed by atoms with E-state index >= 15 is 0 Å². The lowest BCUT2D eigenvalue weighted by molar-refractivity contribution is -0.133. The quantitative estimate of drug-likeness (QED) is 0.258. The molecular weight excluding hydrogens is 426 g/mol. The van der Waals surface area contributed by atoms with Gasteiger partial charge in [-0.15, -0.1) is 11.3 Å². The molecule has 0 amide bonds. The smallest absolute Gasteiger partial charge is 0.317 e. The van der Waals surface area contributed by atoms with Gasteiger partial charge < -0.3 is 13.6 Å². The van der Waals surface area contributed by atoms with Crippen molar-refractivity contribution >= 4 is 28.3 Å². The minimum Gasteiger partial charge on any atom is -0.462 e. The number of ether oxygens (including phenoxy) is 1. The van der Waals surface area contributed by atoms with Crippen LogP contribution in [-0.4, -0.2) is 11.0 Å². The molecule has 0 fully saturated rings. The van der Waals surface area contributed by atoms with Crippen molar-refractivity contribution in [3.63, 3.8) is 0 Å². The van der Waals surface area contributed by atoms with Crippen molar-refractivity contribution in [3.05, 3.63) is 94.0 Å². The van der Waals surface area contributed by atoms with Gasteiger partial charge in [0.2, 0.25) is 5.43 Å². The van der Waals surface area contributed by atoms with Crippen molar-refractivity contribution in [2.45, 2.75) is 13.3 Å². The standard InChI is InChI=1S/C25H17NO5S/c1-15-23(16-6-3-2-4-7-16)24(28)19-10-9-18(13-21(19)30-15)31-22(27)12-17-14-32-25(26-17)20-8-5-11-29-20/h2-11,13-14H,12H2,1H3. The first-order chi connectivity index (χ1) is 15.6. The van der Waals surface area contributed by atoms with E-state index < -0.39 is 5.97 Å². The van der Waals surface area contributed by atoms with Crippen LogP contribution in [0.5, 0.6) is 5.75 Å². The highest BCUT2D eigenvalue weighted by Crippen LogP contribution is 2.27. The average molecular weight is 443 g/mol. The van der Waals surface area contributed by atoms with Gasteiger partial charge in [-0.1, -0.05) is 30.3 Å². The molecule has 0 atom stereocenters. The molecule has 0 aliphatic carbocycles. The summed E-state index contributed by atoms with van der Waals surface area (Å²) < 4.78 is 16.7. The fourth-order valence-electron chi connectivity index (χ4n) is 3.50. The molecule has 32 heavy (non-hydrogen) atoms. The molecule has 0 saturated heterocycles. The van der Waals surface area contributed by atoms with Crippen molar-refractivity contribution < 1.29 is 18.4 Å². The number of carbonyl (C=O) groups is 1. The highest BCUT2D eigenvalue weighted by atomic mass is 32.1. The first-order valence-corrected chi connectivity index (χ1v) is 10.8. The molecule has 0 bridgehead atoms. The summed E-state index contributed by atoms with van der Waals surface area (Å²) in [4.78, 5) is 29.9. The number of hydrogen-bond donors (Lipinski definition) is 0. The SMILES string of the molecule is Cc1oc2cc(OC(=O)Cc3csc(-c4ccco4)n3)ccc2c(=O)c1-c1ccccc1. The minimum absolute atomic E-state index is 0.0190. The van der Waals surface area contributed by atoms with Gasteiger partial charge in [-0.3, -0.25) is 9.59 Å². The first kappa shape index (κ1) is 20.0. The largest absolute Gasteiger partial charge is 0.462 e. The molecule has 5 aromatic rings. The Balaban J connectivity index is 1.37. The van der Waals surface area contributed by atoms with Gasteiger partial charge >= 0.3 is 5.97 Å². The van der Waals surface area contributed by atoms with E-state index in [-0.39, 0.29) is 11.8 Å². The molecule has 2 aromatic carbocycles. The normalized spacial score (nSPS) is 11.0. The van der Waals surface area contributed by atoms with Gasteiger partial charge in [0.1, 0.15) is 17.1 Å². The van der Waals surface area contributed by atoms with Crippen LogP contribution in [-0.2, 0) is 11.2 Å². The summed E-state index contributed by atoms with van der Waals surface area (Å²) in [5.74, 6) is 1.01. The van der Waals surface area contributed by atoms with Crippen LogP contribution in [0.4, 0.5) is 0 Å². The van der Waals surface area contributed by atoms with Crippen molar-refractivity contribution in [3.8, 4) is 27.6 Å². The van der Waals surface area contributed by atoms with Gasteiger partial charge in [0.05, 0.1) is 29.3 Å². The van der Waals surface area contributed by atoms with Crippen molar-refractivity contribution in [1.29, 1.82) is 0 Å². The fraction of sp³-hybridized carbons (Fsp3) is 0.0800. The highest BCUT2D eigenvalue weighted by molar-refractivity contribution is 7.13. The van der Waals surface area contributed by atoms with Crippen LogP contribution >= 0.6 is 11.3 Å². The second-order valence-electron chi connectivity index (χ2n) is 7.16. The molecule has 3 aromatic heterocycles. The Labute approximate surface area is 186 Å². The van der Waals surface area contributed by atoms with Crippen LogP contribution in [0.1, 0.15) is 11.5 Å². The monoisotopic (exact) mass is 443 g/mol. The van der Waals surface area contributed by atoms with Crippen LogP contribution in [0.2, 0.25) is 0 Å². The molecule has 3 heterocycles. The maximum Gasteiger partial charge on any atom is 0.317 e. The highest BCUT2D eigenvalue weighted by Gasteiger charge is 2.16. The number of aryl methyl sites for hydroxylation is 1. The Morgan fingerprint density at radius 1 is 1.09 bits per heavy atom. The molecule has 0 unspecified atom stereocenters. The van der Waals surface area contributed by atoms with Crippen LogP contribution in [0.25, 0.3) is 32.9 Å². The number of benzene rings is 2. The fourth-order valence-corrected chi connectivity index (χ4v) is 4.29. The van der Waals surface area contributed by atoms with Gasteiger partial charge in [-0.25, -0.2) is 4.98 Å². The molecule has 0 aliphatic heterocycles. The lowest BCUT2D eigenvalue weighted by Gasteiger charge is -2.08. The predicted octanol–water partition coefficient (Wildman–Crippen LogP) is 5.63. The Bertz CT molecular complexity index is 1470. The van der Waals surface area contributed by atoms with Gasteiger partial charge in [-0.2, -0.15) is 0 Å². The summed E-state index contributed by atoms with van der Waals surface area (Å²) in [5.41, 5.74) is 2.17. The van der Waals surface area contributed by atoms with E-state index in [1.165, 1.54) is 11.3 Å². The van der Waals surface area contributed by atoms with Crippen molar-refractivity contribution in [2.75, 3.05) is 0 Å². The van der Waals surface area contributed by atoms with E-state index in [0.717, 1.165) is 5.56 Å². The number of thiazole rings is 1. The average Bonchev–Trinajstić information content (AvgIpc) is 3.46. The summed E-state index contributed by atoms with van der Waals surface area (Å²) >= 11 is 1.40. The second-order valence-corrected chi connectivity index (χ2v) is 8.02. The molecular formula is C25H17NO5S. The third-order valence-electron chi connectivity index (χ3n) is 4.94. The van der Waals surface area contributed by atoms with Crippen molar-refractivity contribution in [1.82, 2.24) is 4.98 Å². The Kier molecular flexibility index (Phi) is 5.17. The zero-order chi connectivity index (χ0) is 22.1. The van der Waals surface area contributed by atoms with E-state index in [9.17, 15) is 9.59 Å². The summed E-state index contributed by atoms with van der Waals surface area (Å²) in [7, 11) is 0. The molecule has 7 heteroatoms. The zero-order valence-corrected chi connectivity index (χ0v) is 17.8.